The molecule has 1 aromatic heterocycles. The molecule has 1 aromatic carbocycles. The van der Waals surface area contributed by atoms with Crippen LogP contribution in [0.15, 0.2) is 41.9 Å². The van der Waals surface area contributed by atoms with Crippen LogP contribution < -0.4 is 10.2 Å². The summed E-state index contributed by atoms with van der Waals surface area (Å²) in [5, 5.41) is 6.09. The van der Waals surface area contributed by atoms with Gasteiger partial charge in [-0.1, -0.05) is 30.3 Å². The molecule has 0 saturated carbocycles. The first-order valence-corrected chi connectivity index (χ1v) is 8.37. The number of aromatic nitrogens is 1. The minimum Gasteiger partial charge on any atom is -0.345 e. The number of amides is 2. The van der Waals surface area contributed by atoms with Crippen molar-refractivity contribution in [3.63, 3.8) is 0 Å². The predicted molar refractivity (Wildman–Crippen MR) is 89.3 cm³/mol. The van der Waals surface area contributed by atoms with Gasteiger partial charge in [0.05, 0.1) is 6.04 Å². The van der Waals surface area contributed by atoms with Crippen molar-refractivity contribution < 1.29 is 4.79 Å². The Kier molecular flexibility index (Phi) is 4.58. The molecular formula is C16H20N4OS. The number of hydrogen-bond donors (Lipinski definition) is 1. The second-order valence-corrected chi connectivity index (χ2v) is 6.24. The van der Waals surface area contributed by atoms with Crippen LogP contribution in [0.2, 0.25) is 0 Å². The van der Waals surface area contributed by atoms with Crippen molar-refractivity contribution in [2.24, 2.45) is 0 Å². The summed E-state index contributed by atoms with van der Waals surface area (Å²) in [6.45, 7) is 5.14. The molecule has 2 amide bonds. The van der Waals surface area contributed by atoms with Gasteiger partial charge in [-0.05, 0) is 12.5 Å². The van der Waals surface area contributed by atoms with Crippen molar-refractivity contribution >= 4 is 22.5 Å². The molecule has 0 spiro atoms. The number of urea groups is 1. The number of anilines is 1. The van der Waals surface area contributed by atoms with Crippen LogP contribution in [0.4, 0.5) is 9.93 Å². The molecule has 5 nitrogen and oxygen atoms in total. The van der Waals surface area contributed by atoms with Crippen molar-refractivity contribution in [3.8, 4) is 0 Å². The Morgan fingerprint density at radius 1 is 1.23 bits per heavy atom. The zero-order valence-corrected chi connectivity index (χ0v) is 13.4. The number of rotatable bonds is 3. The van der Waals surface area contributed by atoms with Crippen molar-refractivity contribution in [3.05, 3.63) is 47.5 Å². The molecule has 0 bridgehead atoms. The average Bonchev–Trinajstić information content (AvgIpc) is 3.10. The van der Waals surface area contributed by atoms with Gasteiger partial charge in [0.2, 0.25) is 0 Å². The molecule has 1 aliphatic rings. The van der Waals surface area contributed by atoms with Crippen LogP contribution in [-0.2, 0) is 0 Å². The van der Waals surface area contributed by atoms with Crippen LogP contribution in [0.3, 0.4) is 0 Å². The third-order valence-electron chi connectivity index (χ3n) is 3.90. The Balaban J connectivity index is 1.52. The van der Waals surface area contributed by atoms with Crippen molar-refractivity contribution in [1.82, 2.24) is 15.2 Å². The van der Waals surface area contributed by atoms with Gasteiger partial charge in [-0.2, -0.15) is 0 Å². The molecule has 2 heterocycles. The molecule has 1 saturated heterocycles. The number of piperazine rings is 1. The molecule has 6 heteroatoms. The van der Waals surface area contributed by atoms with Gasteiger partial charge in [0.15, 0.2) is 5.13 Å². The largest absolute Gasteiger partial charge is 0.345 e. The summed E-state index contributed by atoms with van der Waals surface area (Å²) in [6.07, 6.45) is 1.82. The molecule has 3 rings (SSSR count). The lowest BCUT2D eigenvalue weighted by Crippen LogP contribution is -2.52. The molecule has 1 N–H and O–H groups in total. The Labute approximate surface area is 134 Å². The van der Waals surface area contributed by atoms with Crippen molar-refractivity contribution in [2.75, 3.05) is 31.1 Å². The van der Waals surface area contributed by atoms with E-state index in [0.29, 0.717) is 0 Å². The van der Waals surface area contributed by atoms with E-state index < -0.39 is 0 Å². The van der Waals surface area contributed by atoms with E-state index in [0.717, 1.165) is 36.9 Å². The minimum atomic E-state index is 0.00939. The van der Waals surface area contributed by atoms with Crippen molar-refractivity contribution in [2.45, 2.75) is 13.0 Å². The van der Waals surface area contributed by atoms with Gasteiger partial charge in [0, 0.05) is 37.8 Å². The topological polar surface area (TPSA) is 48.5 Å². The Morgan fingerprint density at radius 3 is 2.59 bits per heavy atom. The minimum absolute atomic E-state index is 0.00939. The van der Waals surface area contributed by atoms with Crippen LogP contribution >= 0.6 is 11.3 Å². The number of carbonyl (C=O) groups excluding carboxylic acids is 1. The number of carbonyl (C=O) groups is 1. The summed E-state index contributed by atoms with van der Waals surface area (Å²) in [6, 6.07) is 10.1. The fraction of sp³-hybridized carbons (Fsp3) is 0.375. The molecule has 0 radical (unpaired) electrons. The second kappa shape index (κ2) is 6.79. The number of nitrogens with zero attached hydrogens (tertiary/aromatic N) is 3. The standard InChI is InChI=1S/C16H20N4OS/c1-13(14-5-3-2-4-6-14)18-15(21)19-8-10-20(11-9-19)16-17-7-12-22-16/h2-7,12-13H,8-11H2,1H3,(H,18,21). The lowest BCUT2D eigenvalue weighted by atomic mass is 10.1. The molecule has 0 aliphatic carbocycles. The normalized spacial score (nSPS) is 16.4. The molecular weight excluding hydrogens is 296 g/mol. The van der Waals surface area contributed by atoms with Gasteiger partial charge >= 0.3 is 6.03 Å². The van der Waals surface area contributed by atoms with Gasteiger partial charge in [0.1, 0.15) is 0 Å². The van der Waals surface area contributed by atoms with E-state index in [-0.39, 0.29) is 12.1 Å². The average molecular weight is 316 g/mol. The van der Waals surface area contributed by atoms with Crippen molar-refractivity contribution in [1.29, 1.82) is 0 Å². The third kappa shape index (κ3) is 3.39. The molecule has 1 aliphatic heterocycles. The van der Waals surface area contributed by atoms with Gasteiger partial charge in [-0.3, -0.25) is 0 Å². The second-order valence-electron chi connectivity index (χ2n) is 5.37. The summed E-state index contributed by atoms with van der Waals surface area (Å²) in [4.78, 5) is 20.8. The lowest BCUT2D eigenvalue weighted by molar-refractivity contribution is 0.191. The highest BCUT2D eigenvalue weighted by Crippen LogP contribution is 2.19. The van der Waals surface area contributed by atoms with Crippen LogP contribution in [-0.4, -0.2) is 42.1 Å². The summed E-state index contributed by atoms with van der Waals surface area (Å²) in [5.74, 6) is 0. The maximum absolute atomic E-state index is 12.4. The summed E-state index contributed by atoms with van der Waals surface area (Å²) in [5.41, 5.74) is 1.12. The van der Waals surface area contributed by atoms with Gasteiger partial charge < -0.3 is 15.1 Å². The molecule has 116 valence electrons. The molecule has 1 unspecified atom stereocenters. The first-order valence-electron chi connectivity index (χ1n) is 7.49. The fourth-order valence-corrected chi connectivity index (χ4v) is 3.27. The van der Waals surface area contributed by atoms with E-state index in [9.17, 15) is 4.79 Å². The predicted octanol–water partition coefficient (Wildman–Crippen LogP) is 2.74. The zero-order valence-electron chi connectivity index (χ0n) is 12.6. The van der Waals surface area contributed by atoms with Crippen LogP contribution in [0.25, 0.3) is 0 Å². The van der Waals surface area contributed by atoms with E-state index in [1.165, 1.54) is 0 Å². The van der Waals surface area contributed by atoms with E-state index >= 15 is 0 Å². The van der Waals surface area contributed by atoms with Gasteiger partial charge in [0.25, 0.3) is 0 Å². The Hall–Kier alpha value is -2.08. The summed E-state index contributed by atoms with van der Waals surface area (Å²) in [7, 11) is 0. The Morgan fingerprint density at radius 2 is 1.95 bits per heavy atom. The quantitative estimate of drug-likeness (QED) is 0.947. The third-order valence-corrected chi connectivity index (χ3v) is 4.73. The zero-order chi connectivity index (χ0) is 15.4. The number of benzene rings is 1. The van der Waals surface area contributed by atoms with Gasteiger partial charge in [-0.25, -0.2) is 9.78 Å². The molecule has 1 fully saturated rings. The number of thiazole rings is 1. The number of nitrogens with one attached hydrogen (secondary N) is 1. The maximum Gasteiger partial charge on any atom is 0.317 e. The first-order chi connectivity index (χ1) is 10.7. The van der Waals surface area contributed by atoms with Crippen LogP contribution in [0.5, 0.6) is 0 Å². The maximum atomic E-state index is 12.4. The van der Waals surface area contributed by atoms with E-state index in [1.54, 1.807) is 11.3 Å². The Bertz CT molecular complexity index is 594. The highest BCUT2D eigenvalue weighted by molar-refractivity contribution is 7.13. The van der Waals surface area contributed by atoms with Crippen LogP contribution in [0, 0.1) is 0 Å². The number of hydrogen-bond acceptors (Lipinski definition) is 4. The van der Waals surface area contributed by atoms with Crippen LogP contribution in [0.1, 0.15) is 18.5 Å². The van der Waals surface area contributed by atoms with E-state index in [1.807, 2.05) is 53.7 Å². The molecule has 2 aromatic rings. The molecule has 1 atom stereocenters. The lowest BCUT2D eigenvalue weighted by Gasteiger charge is -2.35. The highest BCUT2D eigenvalue weighted by Gasteiger charge is 2.23. The highest BCUT2D eigenvalue weighted by atomic mass is 32.1. The summed E-state index contributed by atoms with van der Waals surface area (Å²) >= 11 is 1.64. The molecule has 22 heavy (non-hydrogen) atoms. The SMILES string of the molecule is CC(NC(=O)N1CCN(c2nccs2)CC1)c1ccccc1. The smallest absolute Gasteiger partial charge is 0.317 e. The fourth-order valence-electron chi connectivity index (χ4n) is 2.57. The van der Waals surface area contributed by atoms with E-state index in [2.05, 4.69) is 15.2 Å². The monoisotopic (exact) mass is 316 g/mol. The summed E-state index contributed by atoms with van der Waals surface area (Å²) < 4.78 is 0. The van der Waals surface area contributed by atoms with E-state index in [4.69, 9.17) is 0 Å². The van der Waals surface area contributed by atoms with Gasteiger partial charge in [-0.15, -0.1) is 11.3 Å². The first kappa shape index (κ1) is 14.8.